The molecule has 0 bridgehead atoms. The van der Waals surface area contributed by atoms with Gasteiger partial charge in [-0.1, -0.05) is 28.1 Å². The fourth-order valence-corrected chi connectivity index (χ4v) is 2.89. The molecule has 0 saturated heterocycles. The number of hydrogen-bond donors (Lipinski definition) is 3. The summed E-state index contributed by atoms with van der Waals surface area (Å²) in [5.74, 6) is -0.870. The number of nitrogens with one attached hydrogen (secondary N) is 3. The second-order valence-electron chi connectivity index (χ2n) is 6.34. The van der Waals surface area contributed by atoms with E-state index >= 15 is 0 Å². The topological polar surface area (TPSA) is 83.1 Å². The number of aromatic nitrogens is 1. The van der Waals surface area contributed by atoms with E-state index in [1.165, 1.54) is 24.3 Å². The van der Waals surface area contributed by atoms with Crippen molar-refractivity contribution in [3.8, 4) is 0 Å². The first-order valence-corrected chi connectivity index (χ1v) is 9.73. The quantitative estimate of drug-likeness (QED) is 0.426. The van der Waals surface area contributed by atoms with Gasteiger partial charge in [-0.15, -0.1) is 0 Å². The minimum atomic E-state index is -0.607. The van der Waals surface area contributed by atoms with Crippen LogP contribution in [0, 0.1) is 12.7 Å². The summed E-state index contributed by atoms with van der Waals surface area (Å²) in [6.45, 7) is 1.83. The molecule has 3 aromatic rings. The van der Waals surface area contributed by atoms with Gasteiger partial charge in [0.15, 0.2) is 0 Å². The molecule has 3 rings (SSSR count). The number of nitrogens with zero attached hydrogens (tertiary/aromatic N) is 1. The van der Waals surface area contributed by atoms with Gasteiger partial charge in [0.1, 0.15) is 5.82 Å². The summed E-state index contributed by atoms with van der Waals surface area (Å²) >= 11 is 3.23. The lowest BCUT2D eigenvalue weighted by atomic mass is 10.1. The normalized spacial score (nSPS) is 10.6. The third-order valence-electron chi connectivity index (χ3n) is 4.04. The first-order chi connectivity index (χ1) is 14.4. The van der Waals surface area contributed by atoms with Gasteiger partial charge in [-0.3, -0.25) is 9.78 Å². The first-order valence-electron chi connectivity index (χ1n) is 8.93. The van der Waals surface area contributed by atoms with Crippen molar-refractivity contribution in [2.24, 2.45) is 0 Å². The summed E-state index contributed by atoms with van der Waals surface area (Å²) < 4.78 is 14.4. The lowest BCUT2D eigenvalue weighted by Gasteiger charge is -2.12. The van der Waals surface area contributed by atoms with Crippen molar-refractivity contribution < 1.29 is 14.0 Å². The molecule has 152 valence electrons. The Bertz CT molecular complexity index is 1100. The number of urea groups is 1. The van der Waals surface area contributed by atoms with Crippen molar-refractivity contribution in [1.29, 1.82) is 0 Å². The molecular weight excluding hydrogens is 451 g/mol. The zero-order chi connectivity index (χ0) is 21.5. The van der Waals surface area contributed by atoms with Crippen LogP contribution in [0.5, 0.6) is 0 Å². The van der Waals surface area contributed by atoms with Crippen LogP contribution in [0.4, 0.5) is 26.2 Å². The third-order valence-corrected chi connectivity index (χ3v) is 4.53. The van der Waals surface area contributed by atoms with Crippen molar-refractivity contribution in [1.82, 2.24) is 4.98 Å². The molecule has 0 aliphatic rings. The number of anilines is 3. The summed E-state index contributed by atoms with van der Waals surface area (Å²) in [5, 5.41) is 7.86. The standard InChI is InChI=1S/C22H18BrFN4O2/c1-14-4-7-17(26-22(30)28-20-11-16(23)6-8-18(20)24)12-19(14)27-21(29)9-5-15-3-2-10-25-13-15/h2-13H,1H3,(H,27,29)(H2,26,28,30). The zero-order valence-corrected chi connectivity index (χ0v) is 17.5. The van der Waals surface area contributed by atoms with Gasteiger partial charge in [-0.2, -0.15) is 0 Å². The number of carbonyl (C=O) groups excluding carboxylic acids is 2. The smallest absolute Gasteiger partial charge is 0.322 e. The van der Waals surface area contributed by atoms with Gasteiger partial charge in [0.2, 0.25) is 5.91 Å². The van der Waals surface area contributed by atoms with Crippen molar-refractivity contribution >= 4 is 51.0 Å². The largest absolute Gasteiger partial charge is 0.323 e. The average molecular weight is 469 g/mol. The number of amides is 3. The molecule has 6 nitrogen and oxygen atoms in total. The average Bonchev–Trinajstić information content (AvgIpc) is 2.72. The van der Waals surface area contributed by atoms with Crippen molar-refractivity contribution in [2.75, 3.05) is 16.0 Å². The first kappa shape index (κ1) is 21.2. The van der Waals surface area contributed by atoms with Gasteiger partial charge in [-0.25, -0.2) is 9.18 Å². The van der Waals surface area contributed by atoms with E-state index in [-0.39, 0.29) is 11.6 Å². The molecule has 1 heterocycles. The van der Waals surface area contributed by atoms with Gasteiger partial charge >= 0.3 is 6.03 Å². The number of hydrogen-bond acceptors (Lipinski definition) is 3. The third kappa shape index (κ3) is 5.99. The highest BCUT2D eigenvalue weighted by molar-refractivity contribution is 9.10. The van der Waals surface area contributed by atoms with E-state index in [1.807, 2.05) is 13.0 Å². The van der Waals surface area contributed by atoms with Crippen LogP contribution >= 0.6 is 15.9 Å². The van der Waals surface area contributed by atoms with Crippen LogP contribution in [0.1, 0.15) is 11.1 Å². The molecule has 0 radical (unpaired) electrons. The maximum Gasteiger partial charge on any atom is 0.323 e. The van der Waals surface area contributed by atoms with Crippen molar-refractivity contribution in [3.05, 3.63) is 88.4 Å². The van der Waals surface area contributed by atoms with E-state index in [2.05, 4.69) is 36.9 Å². The SMILES string of the molecule is Cc1ccc(NC(=O)Nc2cc(Br)ccc2F)cc1NC(=O)C=Cc1cccnc1. The lowest BCUT2D eigenvalue weighted by Crippen LogP contribution is -2.20. The van der Waals surface area contributed by atoms with E-state index in [9.17, 15) is 14.0 Å². The summed E-state index contributed by atoms with van der Waals surface area (Å²) in [7, 11) is 0. The molecule has 0 fully saturated rings. The molecule has 1 aromatic heterocycles. The maximum absolute atomic E-state index is 13.8. The van der Waals surface area contributed by atoms with Crippen molar-refractivity contribution in [3.63, 3.8) is 0 Å². The fourth-order valence-electron chi connectivity index (χ4n) is 2.53. The number of rotatable bonds is 5. The van der Waals surface area contributed by atoms with Crippen LogP contribution < -0.4 is 16.0 Å². The highest BCUT2D eigenvalue weighted by Crippen LogP contribution is 2.22. The highest BCUT2D eigenvalue weighted by atomic mass is 79.9. The van der Waals surface area contributed by atoms with Crippen LogP contribution in [0.2, 0.25) is 0 Å². The molecule has 0 atom stereocenters. The monoisotopic (exact) mass is 468 g/mol. The van der Waals surface area contributed by atoms with Gasteiger partial charge < -0.3 is 16.0 Å². The van der Waals surface area contributed by atoms with E-state index in [0.717, 1.165) is 11.1 Å². The Labute approximate surface area is 181 Å². The molecule has 0 spiro atoms. The Kier molecular flexibility index (Phi) is 6.92. The fraction of sp³-hybridized carbons (Fsp3) is 0.0455. The van der Waals surface area contributed by atoms with Crippen LogP contribution in [-0.4, -0.2) is 16.9 Å². The van der Waals surface area contributed by atoms with Crippen LogP contribution in [0.15, 0.2) is 71.5 Å². The molecular formula is C22H18BrFN4O2. The summed E-state index contributed by atoms with van der Waals surface area (Å²) in [6.07, 6.45) is 6.35. The minimum Gasteiger partial charge on any atom is -0.322 e. The molecule has 2 aromatic carbocycles. The molecule has 30 heavy (non-hydrogen) atoms. The van der Waals surface area contributed by atoms with E-state index < -0.39 is 11.8 Å². The van der Waals surface area contributed by atoms with E-state index in [4.69, 9.17) is 0 Å². The second kappa shape index (κ2) is 9.80. The molecule has 0 saturated carbocycles. The number of carbonyl (C=O) groups is 2. The molecule has 0 aliphatic heterocycles. The van der Waals surface area contributed by atoms with Crippen LogP contribution in [0.25, 0.3) is 6.08 Å². The molecule has 8 heteroatoms. The van der Waals surface area contributed by atoms with Gasteiger partial charge in [0.05, 0.1) is 5.69 Å². The van der Waals surface area contributed by atoms with E-state index in [0.29, 0.717) is 15.8 Å². The zero-order valence-electron chi connectivity index (χ0n) is 15.9. The van der Waals surface area contributed by atoms with E-state index in [1.54, 1.807) is 42.7 Å². The summed E-state index contributed by atoms with van der Waals surface area (Å²) in [5.41, 5.74) is 2.66. The lowest BCUT2D eigenvalue weighted by molar-refractivity contribution is -0.111. The number of benzene rings is 2. The summed E-state index contributed by atoms with van der Waals surface area (Å²) in [6, 6.07) is 12.3. The molecule has 0 unspecified atom stereocenters. The predicted molar refractivity (Wildman–Crippen MR) is 120 cm³/mol. The Balaban J connectivity index is 1.65. The number of halogens is 2. The Morgan fingerprint density at radius 2 is 1.87 bits per heavy atom. The highest BCUT2D eigenvalue weighted by Gasteiger charge is 2.09. The Morgan fingerprint density at radius 1 is 1.03 bits per heavy atom. The predicted octanol–water partition coefficient (Wildman–Crippen LogP) is 5.59. The van der Waals surface area contributed by atoms with Gasteiger partial charge in [0.25, 0.3) is 0 Å². The Morgan fingerprint density at radius 3 is 2.63 bits per heavy atom. The number of pyridine rings is 1. The Hall–Kier alpha value is -3.52. The van der Waals surface area contributed by atoms with Gasteiger partial charge in [0, 0.05) is 34.3 Å². The summed E-state index contributed by atoms with van der Waals surface area (Å²) in [4.78, 5) is 28.4. The molecule has 3 N–H and O–H groups in total. The van der Waals surface area contributed by atoms with Crippen molar-refractivity contribution in [2.45, 2.75) is 6.92 Å². The van der Waals surface area contributed by atoms with Gasteiger partial charge in [-0.05, 0) is 60.5 Å². The van der Waals surface area contributed by atoms with Crippen LogP contribution in [-0.2, 0) is 4.79 Å². The minimum absolute atomic E-state index is 0.0445. The van der Waals surface area contributed by atoms with Crippen LogP contribution in [0.3, 0.4) is 0 Å². The molecule has 3 amide bonds. The second-order valence-corrected chi connectivity index (χ2v) is 7.26. The molecule has 0 aliphatic carbocycles. The number of aryl methyl sites for hydroxylation is 1. The maximum atomic E-state index is 13.8.